The summed E-state index contributed by atoms with van der Waals surface area (Å²) in [5, 5.41) is 0. The van der Waals surface area contributed by atoms with Crippen LogP contribution in [0, 0.1) is 0 Å². The first kappa shape index (κ1) is 35.6. The minimum atomic E-state index is 0.520. The molecule has 0 amide bonds. The van der Waals surface area contributed by atoms with Crippen LogP contribution in [0.25, 0.3) is 0 Å². The van der Waals surface area contributed by atoms with Gasteiger partial charge in [-0.05, 0) is 19.1 Å². The topological polar surface area (TPSA) is 102 Å². The van der Waals surface area contributed by atoms with Gasteiger partial charge < -0.3 is 52.1 Å². The molecule has 0 aliphatic heterocycles. The zero-order valence-electron chi connectivity index (χ0n) is 23.7. The predicted octanol–water partition coefficient (Wildman–Crippen LogP) is 2.25. The van der Waals surface area contributed by atoms with E-state index in [9.17, 15) is 0 Å². The fraction of sp³-hybridized carbons (Fsp3) is 0.786. The molecule has 0 fully saturated rings. The number of rotatable bonds is 32. The molecule has 0 aliphatic rings. The number of hydrogen-bond acceptors (Lipinski definition) is 11. The molecule has 0 bridgehead atoms. The molecule has 0 aromatic heterocycles. The summed E-state index contributed by atoms with van der Waals surface area (Å²) in [4.78, 5) is 0. The zero-order valence-corrected chi connectivity index (χ0v) is 23.7. The van der Waals surface area contributed by atoms with Gasteiger partial charge in [0.2, 0.25) is 0 Å². The van der Waals surface area contributed by atoms with Crippen molar-refractivity contribution in [2.24, 2.45) is 0 Å². The molecule has 0 unspecified atom stereocenters. The van der Waals surface area contributed by atoms with Crippen LogP contribution in [0.4, 0.5) is 0 Å². The molecule has 0 saturated carbocycles. The van der Waals surface area contributed by atoms with Crippen molar-refractivity contribution in [1.29, 1.82) is 0 Å². The van der Waals surface area contributed by atoms with Crippen molar-refractivity contribution in [3.63, 3.8) is 0 Å². The van der Waals surface area contributed by atoms with Gasteiger partial charge in [0.1, 0.15) is 12.4 Å². The first-order chi connectivity index (χ1) is 19.4. The quantitative estimate of drug-likeness (QED) is 0.121. The maximum atomic E-state index is 5.55. The van der Waals surface area contributed by atoms with Crippen molar-refractivity contribution < 1.29 is 52.1 Å². The highest BCUT2D eigenvalue weighted by molar-refractivity contribution is 5.20. The molecule has 1 aromatic rings. The average Bonchev–Trinajstić information content (AvgIpc) is 2.96. The van der Waals surface area contributed by atoms with E-state index in [2.05, 4.69) is 0 Å². The molecule has 1 aromatic carbocycles. The standard InChI is InChI=1S/C28H50O11/c1-2-29-8-9-30-10-11-31-12-13-32-14-15-33-16-17-34-18-19-35-20-21-36-22-23-37-24-25-38-26-27-39-28-6-4-3-5-7-28/h3-7H,2,8-27H2,1H3. The van der Waals surface area contributed by atoms with E-state index in [-0.39, 0.29) is 0 Å². The maximum Gasteiger partial charge on any atom is 0.119 e. The van der Waals surface area contributed by atoms with E-state index in [4.69, 9.17) is 52.1 Å². The van der Waals surface area contributed by atoms with Gasteiger partial charge in [0.15, 0.2) is 0 Å². The minimum absolute atomic E-state index is 0.520. The molecule has 39 heavy (non-hydrogen) atoms. The third-order valence-corrected chi connectivity index (χ3v) is 4.79. The molecule has 0 heterocycles. The Morgan fingerprint density at radius 1 is 0.333 bits per heavy atom. The minimum Gasteiger partial charge on any atom is -0.491 e. The number of ether oxygens (including phenoxy) is 11. The van der Waals surface area contributed by atoms with Crippen LogP contribution in [-0.4, -0.2) is 139 Å². The lowest BCUT2D eigenvalue weighted by molar-refractivity contribution is -0.0265. The van der Waals surface area contributed by atoms with Crippen molar-refractivity contribution in [3.05, 3.63) is 30.3 Å². The Balaban J connectivity index is 1.62. The summed E-state index contributed by atoms with van der Waals surface area (Å²) in [6.45, 7) is 13.4. The van der Waals surface area contributed by atoms with Crippen LogP contribution in [0.2, 0.25) is 0 Å². The van der Waals surface area contributed by atoms with Crippen molar-refractivity contribution in [2.75, 3.05) is 139 Å². The Morgan fingerprint density at radius 3 is 0.872 bits per heavy atom. The van der Waals surface area contributed by atoms with Gasteiger partial charge >= 0.3 is 0 Å². The number of benzene rings is 1. The van der Waals surface area contributed by atoms with Gasteiger partial charge in [0, 0.05) is 6.61 Å². The van der Waals surface area contributed by atoms with Crippen molar-refractivity contribution >= 4 is 0 Å². The Bertz CT molecular complexity index is 580. The summed E-state index contributed by atoms with van der Waals surface area (Å²) >= 11 is 0. The highest BCUT2D eigenvalue weighted by Crippen LogP contribution is 2.07. The largest absolute Gasteiger partial charge is 0.491 e. The van der Waals surface area contributed by atoms with Crippen LogP contribution in [0.3, 0.4) is 0 Å². The lowest BCUT2D eigenvalue weighted by atomic mass is 10.3. The normalized spacial score (nSPS) is 11.3. The molecule has 11 nitrogen and oxygen atoms in total. The fourth-order valence-corrected chi connectivity index (χ4v) is 2.86. The molecule has 0 spiro atoms. The molecular weight excluding hydrogens is 512 g/mol. The van der Waals surface area contributed by atoms with Gasteiger partial charge in [-0.3, -0.25) is 0 Å². The van der Waals surface area contributed by atoms with E-state index in [0.717, 1.165) is 5.75 Å². The number of para-hydroxylation sites is 1. The smallest absolute Gasteiger partial charge is 0.119 e. The average molecular weight is 563 g/mol. The third-order valence-electron chi connectivity index (χ3n) is 4.79. The second kappa shape index (κ2) is 31.2. The first-order valence-corrected chi connectivity index (χ1v) is 13.9. The highest BCUT2D eigenvalue weighted by atomic mass is 16.6. The van der Waals surface area contributed by atoms with E-state index < -0.39 is 0 Å². The van der Waals surface area contributed by atoms with Gasteiger partial charge in [0.05, 0.1) is 126 Å². The van der Waals surface area contributed by atoms with Crippen LogP contribution < -0.4 is 4.74 Å². The molecular formula is C28H50O11. The molecule has 0 radical (unpaired) electrons. The SMILES string of the molecule is CCOCCOCCOCCOCCOCCOCCOCCOCCOCCOCCOc1ccccc1. The van der Waals surface area contributed by atoms with Crippen LogP contribution in [0.15, 0.2) is 30.3 Å². The highest BCUT2D eigenvalue weighted by Gasteiger charge is 1.96. The van der Waals surface area contributed by atoms with E-state index in [0.29, 0.717) is 139 Å². The lowest BCUT2D eigenvalue weighted by Crippen LogP contribution is -2.15. The predicted molar refractivity (Wildman–Crippen MR) is 146 cm³/mol. The third kappa shape index (κ3) is 28.0. The lowest BCUT2D eigenvalue weighted by Gasteiger charge is -2.09. The molecule has 0 atom stereocenters. The Labute approximate surface area is 234 Å². The molecule has 228 valence electrons. The molecule has 0 N–H and O–H groups in total. The van der Waals surface area contributed by atoms with Gasteiger partial charge in [-0.2, -0.15) is 0 Å². The fourth-order valence-electron chi connectivity index (χ4n) is 2.86. The van der Waals surface area contributed by atoms with E-state index >= 15 is 0 Å². The van der Waals surface area contributed by atoms with E-state index in [1.807, 2.05) is 37.3 Å². The summed E-state index contributed by atoms with van der Waals surface area (Å²) in [5.74, 6) is 0.846. The van der Waals surface area contributed by atoms with Crippen LogP contribution >= 0.6 is 0 Å². The summed E-state index contributed by atoms with van der Waals surface area (Å²) in [6.07, 6.45) is 0. The summed E-state index contributed by atoms with van der Waals surface area (Å²) in [6, 6.07) is 9.68. The number of hydrogen-bond donors (Lipinski definition) is 0. The van der Waals surface area contributed by atoms with Crippen LogP contribution in [-0.2, 0) is 47.4 Å². The van der Waals surface area contributed by atoms with Gasteiger partial charge in [-0.25, -0.2) is 0 Å². The Hall–Kier alpha value is -1.38. The van der Waals surface area contributed by atoms with Crippen LogP contribution in [0.1, 0.15) is 6.92 Å². The van der Waals surface area contributed by atoms with E-state index in [1.165, 1.54) is 0 Å². The van der Waals surface area contributed by atoms with Crippen LogP contribution in [0.5, 0.6) is 5.75 Å². The van der Waals surface area contributed by atoms with Gasteiger partial charge in [-0.1, -0.05) is 18.2 Å². The first-order valence-electron chi connectivity index (χ1n) is 13.9. The molecule has 11 heteroatoms. The molecule has 0 saturated heterocycles. The summed E-state index contributed by atoms with van der Waals surface area (Å²) < 4.78 is 59.7. The van der Waals surface area contributed by atoms with Gasteiger partial charge in [-0.15, -0.1) is 0 Å². The van der Waals surface area contributed by atoms with Crippen molar-refractivity contribution in [1.82, 2.24) is 0 Å². The zero-order chi connectivity index (χ0) is 27.7. The summed E-state index contributed by atoms with van der Waals surface area (Å²) in [7, 11) is 0. The van der Waals surface area contributed by atoms with E-state index in [1.54, 1.807) is 0 Å². The Morgan fingerprint density at radius 2 is 0.590 bits per heavy atom. The second-order valence-electron chi connectivity index (χ2n) is 7.87. The monoisotopic (exact) mass is 562 g/mol. The molecule has 1 rings (SSSR count). The second-order valence-corrected chi connectivity index (χ2v) is 7.87. The summed E-state index contributed by atoms with van der Waals surface area (Å²) in [5.41, 5.74) is 0. The Kier molecular flexibility index (Phi) is 28.5. The van der Waals surface area contributed by atoms with Gasteiger partial charge in [0.25, 0.3) is 0 Å². The van der Waals surface area contributed by atoms with Crippen molar-refractivity contribution in [2.45, 2.75) is 6.92 Å². The maximum absolute atomic E-state index is 5.55. The van der Waals surface area contributed by atoms with Crippen molar-refractivity contribution in [3.8, 4) is 5.75 Å². The molecule has 0 aliphatic carbocycles.